The fourth-order valence-electron chi connectivity index (χ4n) is 6.50. The van der Waals surface area contributed by atoms with E-state index in [9.17, 15) is 9.59 Å². The number of nitrogens with zero attached hydrogens (tertiary/aromatic N) is 2. The minimum absolute atomic E-state index is 0.0745. The summed E-state index contributed by atoms with van der Waals surface area (Å²) in [7, 11) is 0. The van der Waals surface area contributed by atoms with Gasteiger partial charge in [0, 0.05) is 6.42 Å². The highest BCUT2D eigenvalue weighted by Gasteiger charge is 2.54. The summed E-state index contributed by atoms with van der Waals surface area (Å²) in [5.74, 6) is 1.48. The van der Waals surface area contributed by atoms with E-state index in [0.29, 0.717) is 35.2 Å². The first kappa shape index (κ1) is 21.9. The molecule has 4 aliphatic carbocycles. The molecule has 8 heteroatoms. The Labute approximate surface area is 196 Å². The molecule has 172 valence electrons. The standard InChI is InChI=1S/C24H30BrN3O4/c25-21-10-19(32-27-21)14-28(22(29)20(26)9-15-4-2-1-3-5-15)23(30)31-24-11-16-6-17(12-24)8-18(7-16)13-24/h1-5,16-20H,6-14,26H2/t16?,17?,18?,19?,20-,24?/m0/s1. The zero-order valence-corrected chi connectivity index (χ0v) is 19.7. The third-order valence-electron chi connectivity index (χ3n) is 7.47. The summed E-state index contributed by atoms with van der Waals surface area (Å²) >= 11 is 3.32. The van der Waals surface area contributed by atoms with Gasteiger partial charge in [-0.3, -0.25) is 4.79 Å². The average molecular weight is 504 g/mol. The number of benzene rings is 1. The van der Waals surface area contributed by atoms with Crippen LogP contribution in [0.1, 0.15) is 50.5 Å². The molecule has 1 aromatic carbocycles. The number of imide groups is 1. The van der Waals surface area contributed by atoms with Crippen molar-refractivity contribution in [3.05, 3.63) is 35.9 Å². The Hall–Kier alpha value is -1.93. The predicted molar refractivity (Wildman–Crippen MR) is 123 cm³/mol. The van der Waals surface area contributed by atoms with Crippen LogP contribution >= 0.6 is 15.9 Å². The van der Waals surface area contributed by atoms with Gasteiger partial charge in [0.25, 0.3) is 0 Å². The lowest BCUT2D eigenvalue weighted by Crippen LogP contribution is -2.56. The quantitative estimate of drug-likeness (QED) is 0.633. The summed E-state index contributed by atoms with van der Waals surface area (Å²) in [5.41, 5.74) is 6.79. The molecule has 2 amide bonds. The normalized spacial score (nSPS) is 33.4. The molecule has 0 radical (unpaired) electrons. The van der Waals surface area contributed by atoms with Crippen LogP contribution in [0.3, 0.4) is 0 Å². The summed E-state index contributed by atoms with van der Waals surface area (Å²) < 4.78 is 6.84. The summed E-state index contributed by atoms with van der Waals surface area (Å²) in [6.07, 6.45) is 6.36. The highest BCUT2D eigenvalue weighted by atomic mass is 79.9. The van der Waals surface area contributed by atoms with Gasteiger partial charge < -0.3 is 15.3 Å². The van der Waals surface area contributed by atoms with E-state index in [2.05, 4.69) is 21.1 Å². The number of oxime groups is 1. The topological polar surface area (TPSA) is 94.2 Å². The van der Waals surface area contributed by atoms with Crippen molar-refractivity contribution in [3.63, 3.8) is 0 Å². The van der Waals surface area contributed by atoms with Crippen molar-refractivity contribution in [2.24, 2.45) is 28.6 Å². The summed E-state index contributed by atoms with van der Waals surface area (Å²) in [6.45, 7) is 0.0745. The van der Waals surface area contributed by atoms with E-state index in [1.807, 2.05) is 30.3 Å². The van der Waals surface area contributed by atoms with Crippen molar-refractivity contribution in [1.82, 2.24) is 4.90 Å². The molecule has 2 N–H and O–H groups in total. The van der Waals surface area contributed by atoms with Crippen molar-refractivity contribution in [1.29, 1.82) is 0 Å². The number of carbonyl (C=O) groups is 2. The molecule has 1 unspecified atom stereocenters. The van der Waals surface area contributed by atoms with E-state index in [1.165, 1.54) is 19.3 Å². The molecule has 2 atom stereocenters. The van der Waals surface area contributed by atoms with Gasteiger partial charge in [-0.2, -0.15) is 0 Å². The molecular weight excluding hydrogens is 474 g/mol. The second kappa shape index (κ2) is 8.78. The average Bonchev–Trinajstić information content (AvgIpc) is 3.15. The van der Waals surface area contributed by atoms with Crippen molar-refractivity contribution in [3.8, 4) is 0 Å². The van der Waals surface area contributed by atoms with Crippen molar-refractivity contribution in [2.75, 3.05) is 6.54 Å². The maximum Gasteiger partial charge on any atom is 0.417 e. The molecule has 7 nitrogen and oxygen atoms in total. The van der Waals surface area contributed by atoms with E-state index in [-0.39, 0.29) is 6.54 Å². The monoisotopic (exact) mass is 503 g/mol. The van der Waals surface area contributed by atoms with Crippen LogP contribution in [0.15, 0.2) is 35.5 Å². The van der Waals surface area contributed by atoms with Crippen molar-refractivity contribution in [2.45, 2.75) is 69.1 Å². The largest absolute Gasteiger partial charge is 0.442 e. The minimum atomic E-state index is -0.841. The van der Waals surface area contributed by atoms with E-state index in [1.54, 1.807) is 0 Å². The maximum absolute atomic E-state index is 13.4. The summed E-state index contributed by atoms with van der Waals surface area (Å²) in [6, 6.07) is 8.75. The van der Waals surface area contributed by atoms with Crippen LogP contribution in [0.2, 0.25) is 0 Å². The van der Waals surface area contributed by atoms with E-state index in [0.717, 1.165) is 29.7 Å². The first-order valence-electron chi connectivity index (χ1n) is 11.6. The Bertz CT molecular complexity index is 870. The number of carbonyl (C=O) groups excluding carboxylic acids is 2. The van der Waals surface area contributed by atoms with Gasteiger partial charge >= 0.3 is 6.09 Å². The highest BCUT2D eigenvalue weighted by molar-refractivity contribution is 9.18. The molecule has 4 bridgehead atoms. The summed E-state index contributed by atoms with van der Waals surface area (Å²) in [4.78, 5) is 33.3. The zero-order valence-electron chi connectivity index (χ0n) is 18.1. The Kier molecular flexibility index (Phi) is 6.01. The number of hydrogen-bond donors (Lipinski definition) is 1. The Morgan fingerprint density at radius 1 is 1.16 bits per heavy atom. The first-order chi connectivity index (χ1) is 15.4. The van der Waals surface area contributed by atoms with Crippen LogP contribution in [0.25, 0.3) is 0 Å². The molecular formula is C24H30BrN3O4. The van der Waals surface area contributed by atoms with Crippen LogP contribution in [0.4, 0.5) is 4.79 Å². The predicted octanol–water partition coefficient (Wildman–Crippen LogP) is 3.99. The van der Waals surface area contributed by atoms with Gasteiger partial charge in [-0.25, -0.2) is 9.69 Å². The molecule has 5 aliphatic rings. The Morgan fingerprint density at radius 3 is 2.34 bits per heavy atom. The zero-order chi connectivity index (χ0) is 22.3. The number of amides is 2. The van der Waals surface area contributed by atoms with Gasteiger partial charge in [-0.05, 0) is 84.2 Å². The van der Waals surface area contributed by atoms with E-state index < -0.39 is 29.7 Å². The maximum atomic E-state index is 13.4. The second-order valence-electron chi connectivity index (χ2n) is 10.1. The lowest BCUT2D eigenvalue weighted by Gasteiger charge is -2.55. The van der Waals surface area contributed by atoms with Crippen LogP contribution < -0.4 is 5.73 Å². The Balaban J connectivity index is 1.31. The summed E-state index contributed by atoms with van der Waals surface area (Å²) in [5, 5.41) is 3.89. The van der Waals surface area contributed by atoms with Crippen molar-refractivity contribution >= 4 is 32.6 Å². The number of hydrogen-bond acceptors (Lipinski definition) is 6. The highest BCUT2D eigenvalue weighted by Crippen LogP contribution is 2.57. The van der Waals surface area contributed by atoms with Crippen LogP contribution in [-0.4, -0.2) is 45.8 Å². The lowest BCUT2D eigenvalue weighted by atomic mass is 9.54. The molecule has 32 heavy (non-hydrogen) atoms. The molecule has 6 rings (SSSR count). The minimum Gasteiger partial charge on any atom is -0.442 e. The Morgan fingerprint density at radius 2 is 1.78 bits per heavy atom. The molecule has 0 aromatic heterocycles. The number of ether oxygens (including phenoxy) is 1. The SMILES string of the molecule is N[C@@H](Cc1ccccc1)C(=O)N(CC1CC(Br)=NO1)C(=O)OC12CC3CC(CC(C3)C1)C2. The molecule has 0 saturated heterocycles. The van der Waals surface area contributed by atoms with Crippen molar-refractivity contribution < 1.29 is 19.2 Å². The van der Waals surface area contributed by atoms with E-state index in [4.69, 9.17) is 15.3 Å². The van der Waals surface area contributed by atoms with E-state index >= 15 is 0 Å². The molecule has 1 heterocycles. The third-order valence-corrected chi connectivity index (χ3v) is 7.94. The fraction of sp³-hybridized carbons (Fsp3) is 0.625. The van der Waals surface area contributed by atoms with Gasteiger partial charge in [0.15, 0.2) is 6.10 Å². The van der Waals surface area contributed by atoms with Gasteiger partial charge in [0.05, 0.1) is 12.6 Å². The van der Waals surface area contributed by atoms with Crippen LogP contribution in [0, 0.1) is 17.8 Å². The number of nitrogens with two attached hydrogens (primary N) is 1. The van der Waals surface area contributed by atoms with Gasteiger partial charge in [-0.15, -0.1) is 0 Å². The van der Waals surface area contributed by atoms with Crippen LogP contribution in [-0.2, 0) is 20.8 Å². The number of halogens is 1. The van der Waals surface area contributed by atoms with Gasteiger partial charge in [0.1, 0.15) is 10.2 Å². The smallest absolute Gasteiger partial charge is 0.417 e. The molecule has 0 spiro atoms. The second-order valence-corrected chi connectivity index (χ2v) is 11.0. The third kappa shape index (κ3) is 4.57. The molecule has 4 saturated carbocycles. The van der Waals surface area contributed by atoms with Gasteiger partial charge in [-0.1, -0.05) is 35.5 Å². The molecule has 1 aliphatic heterocycles. The van der Waals surface area contributed by atoms with Gasteiger partial charge in [0.2, 0.25) is 5.91 Å². The first-order valence-corrected chi connectivity index (χ1v) is 12.4. The van der Waals surface area contributed by atoms with Crippen LogP contribution in [0.5, 0.6) is 0 Å². The fourth-order valence-corrected chi connectivity index (χ4v) is 6.95. The molecule has 4 fully saturated rings. The lowest BCUT2D eigenvalue weighted by molar-refractivity contribution is -0.146. The number of rotatable bonds is 6. The molecule has 1 aromatic rings.